The molecule has 0 fully saturated rings. The van der Waals surface area contributed by atoms with Gasteiger partial charge in [-0.15, -0.1) is 0 Å². The number of benzene rings is 1. The van der Waals surface area contributed by atoms with Gasteiger partial charge in [0.15, 0.2) is 11.4 Å². The zero-order valence-electron chi connectivity index (χ0n) is 13.0. The molecular formula is C19H20N2O. The average molecular weight is 292 g/mol. The van der Waals surface area contributed by atoms with Gasteiger partial charge in [-0.2, -0.15) is 0 Å². The molecule has 0 aliphatic heterocycles. The summed E-state index contributed by atoms with van der Waals surface area (Å²) in [7, 11) is 0. The first-order valence-electron chi connectivity index (χ1n) is 7.93. The predicted molar refractivity (Wildman–Crippen MR) is 87.4 cm³/mol. The third kappa shape index (κ3) is 2.08. The highest BCUT2D eigenvalue weighted by Gasteiger charge is 2.22. The van der Waals surface area contributed by atoms with Crippen LogP contribution in [0.3, 0.4) is 0 Å². The van der Waals surface area contributed by atoms with E-state index in [1.165, 1.54) is 23.2 Å². The lowest BCUT2D eigenvalue weighted by Gasteiger charge is -2.26. The van der Waals surface area contributed by atoms with Crippen LogP contribution in [0.1, 0.15) is 41.5 Å². The Morgan fingerprint density at radius 1 is 1.14 bits per heavy atom. The van der Waals surface area contributed by atoms with Crippen LogP contribution in [0.4, 0.5) is 0 Å². The topological polar surface area (TPSA) is 26.5 Å². The molecule has 112 valence electrons. The van der Waals surface area contributed by atoms with Gasteiger partial charge in [0, 0.05) is 11.9 Å². The molecule has 1 aliphatic rings. The minimum atomic E-state index is 0.133. The summed E-state index contributed by atoms with van der Waals surface area (Å²) >= 11 is 0. The van der Waals surface area contributed by atoms with Crippen molar-refractivity contribution in [3.8, 4) is 5.75 Å². The Bertz CT molecular complexity index is 835. The lowest BCUT2D eigenvalue weighted by molar-refractivity contribution is 0.185. The third-order valence-corrected chi connectivity index (χ3v) is 4.67. The highest BCUT2D eigenvalue weighted by molar-refractivity contribution is 5.56. The summed E-state index contributed by atoms with van der Waals surface area (Å²) in [4.78, 5) is 4.67. The first kappa shape index (κ1) is 13.4. The first-order chi connectivity index (χ1) is 10.7. The molecule has 0 saturated carbocycles. The molecule has 0 saturated heterocycles. The minimum absolute atomic E-state index is 0.133. The maximum atomic E-state index is 6.38. The van der Waals surface area contributed by atoms with Crippen molar-refractivity contribution < 1.29 is 4.74 Å². The monoisotopic (exact) mass is 292 g/mol. The van der Waals surface area contributed by atoms with Crippen LogP contribution in [0.2, 0.25) is 0 Å². The van der Waals surface area contributed by atoms with Crippen molar-refractivity contribution in [3.63, 3.8) is 0 Å². The molecule has 1 aliphatic carbocycles. The zero-order chi connectivity index (χ0) is 15.1. The van der Waals surface area contributed by atoms with Crippen LogP contribution in [-0.2, 0) is 6.42 Å². The Hall–Kier alpha value is -2.29. The van der Waals surface area contributed by atoms with Crippen molar-refractivity contribution in [1.82, 2.24) is 9.38 Å². The van der Waals surface area contributed by atoms with Gasteiger partial charge in [-0.1, -0.05) is 24.3 Å². The number of ether oxygens (including phenoxy) is 1. The van der Waals surface area contributed by atoms with Gasteiger partial charge in [0.25, 0.3) is 0 Å². The molecule has 0 N–H and O–H groups in total. The Morgan fingerprint density at radius 3 is 2.91 bits per heavy atom. The number of pyridine rings is 1. The summed E-state index contributed by atoms with van der Waals surface area (Å²) in [6, 6.07) is 12.7. The van der Waals surface area contributed by atoms with Gasteiger partial charge in [-0.05, 0) is 56.4 Å². The Kier molecular flexibility index (Phi) is 3.14. The molecule has 2 aromatic heterocycles. The predicted octanol–water partition coefficient (Wildman–Crippen LogP) is 4.41. The van der Waals surface area contributed by atoms with Crippen LogP contribution in [-0.4, -0.2) is 9.38 Å². The van der Waals surface area contributed by atoms with E-state index in [9.17, 15) is 0 Å². The van der Waals surface area contributed by atoms with Crippen LogP contribution in [0.5, 0.6) is 5.75 Å². The van der Waals surface area contributed by atoms with Crippen LogP contribution in [0, 0.1) is 13.8 Å². The zero-order valence-corrected chi connectivity index (χ0v) is 13.0. The third-order valence-electron chi connectivity index (χ3n) is 4.67. The van der Waals surface area contributed by atoms with Crippen molar-refractivity contribution in [2.24, 2.45) is 0 Å². The molecule has 3 aromatic rings. The molecule has 3 nitrogen and oxygen atoms in total. The number of rotatable bonds is 2. The number of hydrogen-bond acceptors (Lipinski definition) is 2. The molecule has 0 amide bonds. The van der Waals surface area contributed by atoms with Crippen LogP contribution in [0.15, 0.2) is 42.6 Å². The van der Waals surface area contributed by atoms with Gasteiger partial charge >= 0.3 is 0 Å². The molecule has 3 heteroatoms. The van der Waals surface area contributed by atoms with Crippen molar-refractivity contribution in [2.75, 3.05) is 0 Å². The molecular weight excluding hydrogens is 272 g/mol. The van der Waals surface area contributed by atoms with Crippen molar-refractivity contribution in [2.45, 2.75) is 39.2 Å². The summed E-state index contributed by atoms with van der Waals surface area (Å²) < 4.78 is 8.49. The molecule has 22 heavy (non-hydrogen) atoms. The highest BCUT2D eigenvalue weighted by atomic mass is 16.5. The lowest BCUT2D eigenvalue weighted by atomic mass is 9.89. The van der Waals surface area contributed by atoms with Crippen molar-refractivity contribution in [1.29, 1.82) is 0 Å². The van der Waals surface area contributed by atoms with Gasteiger partial charge in [0.1, 0.15) is 6.10 Å². The quantitative estimate of drug-likeness (QED) is 0.699. The summed E-state index contributed by atoms with van der Waals surface area (Å²) in [6.07, 6.45) is 5.58. The van der Waals surface area contributed by atoms with Crippen LogP contribution < -0.4 is 4.74 Å². The van der Waals surface area contributed by atoms with Gasteiger partial charge in [0.2, 0.25) is 0 Å². The van der Waals surface area contributed by atoms with Crippen molar-refractivity contribution in [3.05, 3.63) is 65.1 Å². The van der Waals surface area contributed by atoms with E-state index in [0.29, 0.717) is 0 Å². The normalized spacial score (nSPS) is 17.5. The minimum Gasteiger partial charge on any atom is -0.482 e. The second kappa shape index (κ2) is 5.16. The van der Waals surface area contributed by atoms with Crippen LogP contribution >= 0.6 is 0 Å². The van der Waals surface area contributed by atoms with Crippen molar-refractivity contribution >= 4 is 5.65 Å². The van der Waals surface area contributed by atoms with Gasteiger partial charge in [0.05, 0.1) is 5.69 Å². The van der Waals surface area contributed by atoms with Gasteiger partial charge < -0.3 is 9.14 Å². The second-order valence-corrected chi connectivity index (χ2v) is 6.05. The Morgan fingerprint density at radius 2 is 2.00 bits per heavy atom. The van der Waals surface area contributed by atoms with Crippen LogP contribution in [0.25, 0.3) is 5.65 Å². The lowest BCUT2D eigenvalue weighted by Crippen LogP contribution is -2.15. The number of nitrogens with zero attached hydrogens (tertiary/aromatic N) is 2. The first-order valence-corrected chi connectivity index (χ1v) is 7.93. The maximum absolute atomic E-state index is 6.38. The molecule has 1 atom stereocenters. The number of aromatic nitrogens is 2. The number of imidazole rings is 1. The fourth-order valence-corrected chi connectivity index (χ4v) is 3.35. The highest BCUT2D eigenvalue weighted by Crippen LogP contribution is 2.35. The fourth-order valence-electron chi connectivity index (χ4n) is 3.35. The molecule has 2 heterocycles. The Balaban J connectivity index is 1.75. The summed E-state index contributed by atoms with van der Waals surface area (Å²) in [5, 5.41) is 0. The maximum Gasteiger partial charge on any atom is 0.180 e. The van der Waals surface area contributed by atoms with E-state index < -0.39 is 0 Å². The van der Waals surface area contributed by atoms with E-state index in [0.717, 1.165) is 29.9 Å². The molecule has 4 rings (SSSR count). The van der Waals surface area contributed by atoms with Gasteiger partial charge in [-0.25, -0.2) is 4.98 Å². The summed E-state index contributed by atoms with van der Waals surface area (Å²) in [6.45, 7) is 4.14. The number of fused-ring (bicyclic) bond motifs is 2. The van der Waals surface area contributed by atoms with E-state index in [1.807, 2.05) is 25.3 Å². The standard InChI is InChI=1S/C19H20N2O/c1-13-14(2)21-12-6-11-18(19(21)20-13)22-17-10-5-8-15-7-3-4-9-16(15)17/h3-4,6-7,9,11-12,17H,5,8,10H2,1-2H3. The van der Waals surface area contributed by atoms with E-state index in [1.54, 1.807) is 0 Å². The largest absolute Gasteiger partial charge is 0.482 e. The molecule has 0 spiro atoms. The number of hydrogen-bond donors (Lipinski definition) is 0. The second-order valence-electron chi connectivity index (χ2n) is 6.05. The fraction of sp³-hybridized carbons (Fsp3) is 0.316. The molecule has 0 radical (unpaired) electrons. The average Bonchev–Trinajstić information content (AvgIpc) is 2.84. The smallest absolute Gasteiger partial charge is 0.180 e. The van der Waals surface area contributed by atoms with E-state index in [2.05, 4.69) is 40.6 Å². The van der Waals surface area contributed by atoms with E-state index in [-0.39, 0.29) is 6.10 Å². The summed E-state index contributed by atoms with van der Waals surface area (Å²) in [5.74, 6) is 0.875. The van der Waals surface area contributed by atoms with E-state index >= 15 is 0 Å². The summed E-state index contributed by atoms with van der Waals surface area (Å²) in [5.41, 5.74) is 5.89. The molecule has 0 bridgehead atoms. The SMILES string of the molecule is Cc1nc2c(OC3CCCc4ccccc43)cccn2c1C. The number of aryl methyl sites for hydroxylation is 3. The Labute approximate surface area is 130 Å². The molecule has 1 unspecified atom stereocenters. The van der Waals surface area contributed by atoms with Gasteiger partial charge in [-0.3, -0.25) is 0 Å². The molecule has 1 aromatic carbocycles. The van der Waals surface area contributed by atoms with E-state index in [4.69, 9.17) is 4.74 Å².